The van der Waals surface area contributed by atoms with Gasteiger partial charge in [0, 0.05) is 32.2 Å². The van der Waals surface area contributed by atoms with Crippen LogP contribution in [0.2, 0.25) is 0 Å². The molecule has 0 aromatic heterocycles. The van der Waals surface area contributed by atoms with Crippen molar-refractivity contribution in [2.45, 2.75) is 37.8 Å². The van der Waals surface area contributed by atoms with Crippen molar-refractivity contribution in [1.29, 1.82) is 0 Å². The molecule has 1 unspecified atom stereocenters. The molecular formula is C15H29N5O. The summed E-state index contributed by atoms with van der Waals surface area (Å²) in [6, 6.07) is 0.685. The number of rotatable bonds is 3. The maximum atomic E-state index is 12.6. The second kappa shape index (κ2) is 7.05. The molecule has 120 valence electrons. The number of hydrogen-bond acceptors (Lipinski definition) is 5. The Morgan fingerprint density at radius 1 is 1.05 bits per heavy atom. The Morgan fingerprint density at radius 2 is 1.76 bits per heavy atom. The lowest BCUT2D eigenvalue weighted by molar-refractivity contribution is -0.132. The topological polar surface area (TPSA) is 50.9 Å². The summed E-state index contributed by atoms with van der Waals surface area (Å²) >= 11 is 0. The summed E-state index contributed by atoms with van der Waals surface area (Å²) in [6.45, 7) is 7.20. The summed E-state index contributed by atoms with van der Waals surface area (Å²) < 4.78 is 0. The lowest BCUT2D eigenvalue weighted by Gasteiger charge is -2.37. The molecule has 2 N–H and O–H groups in total. The minimum Gasteiger partial charge on any atom is -0.317 e. The Morgan fingerprint density at radius 3 is 2.48 bits per heavy atom. The molecule has 3 fully saturated rings. The predicted molar refractivity (Wildman–Crippen MR) is 82.8 cm³/mol. The molecule has 0 aromatic rings. The van der Waals surface area contributed by atoms with Crippen LogP contribution in [-0.4, -0.2) is 85.7 Å². The van der Waals surface area contributed by atoms with Gasteiger partial charge < -0.3 is 10.2 Å². The van der Waals surface area contributed by atoms with Gasteiger partial charge in [-0.05, 0) is 52.4 Å². The molecule has 1 atom stereocenters. The fraction of sp³-hybridized carbons (Fsp3) is 0.933. The van der Waals surface area contributed by atoms with Gasteiger partial charge in [0.15, 0.2) is 0 Å². The smallest absolute Gasteiger partial charge is 0.251 e. The van der Waals surface area contributed by atoms with Gasteiger partial charge in [0.1, 0.15) is 0 Å². The quantitative estimate of drug-likeness (QED) is 0.734. The molecule has 0 aliphatic carbocycles. The Kier molecular flexibility index (Phi) is 5.11. The average Bonchev–Trinajstić information content (AvgIpc) is 3.00. The fourth-order valence-corrected chi connectivity index (χ4v) is 3.79. The molecule has 0 radical (unpaired) electrons. The van der Waals surface area contributed by atoms with Crippen molar-refractivity contribution in [1.82, 2.24) is 25.6 Å². The fourth-order valence-electron chi connectivity index (χ4n) is 3.79. The van der Waals surface area contributed by atoms with Crippen molar-refractivity contribution in [3.8, 4) is 0 Å². The normalized spacial score (nSPS) is 30.6. The van der Waals surface area contributed by atoms with E-state index >= 15 is 0 Å². The number of nitrogens with zero attached hydrogens (tertiary/aromatic N) is 3. The van der Waals surface area contributed by atoms with E-state index in [2.05, 4.69) is 32.6 Å². The summed E-state index contributed by atoms with van der Waals surface area (Å²) in [5.41, 5.74) is 3.16. The summed E-state index contributed by atoms with van der Waals surface area (Å²) in [5.74, 6) is 0.218. The number of piperazine rings is 1. The van der Waals surface area contributed by atoms with Crippen LogP contribution >= 0.6 is 0 Å². The Bertz CT molecular complexity index is 350. The van der Waals surface area contributed by atoms with Crippen LogP contribution < -0.4 is 10.7 Å². The third kappa shape index (κ3) is 3.74. The first-order valence-corrected chi connectivity index (χ1v) is 8.44. The highest BCUT2D eigenvalue weighted by atomic mass is 16.2. The highest BCUT2D eigenvalue weighted by Crippen LogP contribution is 2.24. The van der Waals surface area contributed by atoms with E-state index in [-0.39, 0.29) is 11.9 Å². The standard InChI is InChI=1S/C15H29N5O/c1-18-9-11-19(12-10-18)17-15(21)14-3-2-8-20(14)13-4-6-16-7-5-13/h13-14,16H,2-12H2,1H3,(H,17,21). The van der Waals surface area contributed by atoms with Crippen LogP contribution in [0.3, 0.4) is 0 Å². The second-order valence-corrected chi connectivity index (χ2v) is 6.64. The van der Waals surface area contributed by atoms with Crippen molar-refractivity contribution in [3.63, 3.8) is 0 Å². The lowest BCUT2D eigenvalue weighted by atomic mass is 10.0. The van der Waals surface area contributed by atoms with E-state index in [1.165, 1.54) is 12.8 Å². The number of carbonyl (C=O) groups is 1. The van der Waals surface area contributed by atoms with E-state index in [0.29, 0.717) is 6.04 Å². The summed E-state index contributed by atoms with van der Waals surface area (Å²) in [5, 5.41) is 5.51. The van der Waals surface area contributed by atoms with Gasteiger partial charge in [0.2, 0.25) is 0 Å². The summed E-state index contributed by atoms with van der Waals surface area (Å²) in [6.07, 6.45) is 4.53. The van der Waals surface area contributed by atoms with Crippen molar-refractivity contribution >= 4 is 5.91 Å². The van der Waals surface area contributed by atoms with E-state index in [4.69, 9.17) is 0 Å². The molecule has 0 aromatic carbocycles. The van der Waals surface area contributed by atoms with Crippen LogP contribution in [0.15, 0.2) is 0 Å². The van der Waals surface area contributed by atoms with Gasteiger partial charge in [-0.25, -0.2) is 5.01 Å². The zero-order chi connectivity index (χ0) is 14.7. The number of hydrazine groups is 1. The molecule has 3 aliphatic heterocycles. The number of piperidine rings is 1. The Balaban J connectivity index is 1.53. The maximum absolute atomic E-state index is 12.6. The zero-order valence-corrected chi connectivity index (χ0v) is 13.2. The molecular weight excluding hydrogens is 266 g/mol. The molecule has 0 saturated carbocycles. The maximum Gasteiger partial charge on any atom is 0.251 e. The molecule has 3 rings (SSSR count). The van der Waals surface area contributed by atoms with Gasteiger partial charge in [-0.1, -0.05) is 0 Å². The van der Waals surface area contributed by atoms with E-state index in [1.807, 2.05) is 0 Å². The van der Waals surface area contributed by atoms with Gasteiger partial charge in [0.05, 0.1) is 6.04 Å². The van der Waals surface area contributed by atoms with Crippen LogP contribution in [0.1, 0.15) is 25.7 Å². The van der Waals surface area contributed by atoms with E-state index < -0.39 is 0 Å². The molecule has 21 heavy (non-hydrogen) atoms. The summed E-state index contributed by atoms with van der Waals surface area (Å²) in [7, 11) is 2.13. The third-order valence-electron chi connectivity index (χ3n) is 5.15. The zero-order valence-electron chi connectivity index (χ0n) is 13.2. The van der Waals surface area contributed by atoms with Crippen LogP contribution in [0.5, 0.6) is 0 Å². The van der Waals surface area contributed by atoms with Crippen molar-refractivity contribution < 1.29 is 4.79 Å². The Hall–Kier alpha value is -0.690. The third-order valence-corrected chi connectivity index (χ3v) is 5.15. The molecule has 0 bridgehead atoms. The van der Waals surface area contributed by atoms with Crippen LogP contribution in [0, 0.1) is 0 Å². The van der Waals surface area contributed by atoms with Crippen LogP contribution in [-0.2, 0) is 4.79 Å². The molecule has 3 heterocycles. The first-order valence-electron chi connectivity index (χ1n) is 8.44. The largest absolute Gasteiger partial charge is 0.317 e. The van der Waals surface area contributed by atoms with E-state index in [1.54, 1.807) is 0 Å². The number of likely N-dealkylation sites (tertiary alicyclic amines) is 1. The van der Waals surface area contributed by atoms with Gasteiger partial charge >= 0.3 is 0 Å². The van der Waals surface area contributed by atoms with Gasteiger partial charge in [-0.3, -0.25) is 15.1 Å². The van der Waals surface area contributed by atoms with E-state index in [0.717, 1.165) is 58.7 Å². The van der Waals surface area contributed by atoms with Crippen molar-refractivity contribution in [3.05, 3.63) is 0 Å². The lowest BCUT2D eigenvalue weighted by Crippen LogP contribution is -2.57. The predicted octanol–water partition coefficient (Wildman–Crippen LogP) is -0.519. The molecule has 3 saturated heterocycles. The number of carbonyl (C=O) groups excluding carboxylic acids is 1. The SMILES string of the molecule is CN1CCN(NC(=O)C2CCCN2C2CCNCC2)CC1. The minimum absolute atomic E-state index is 0.0905. The van der Waals surface area contributed by atoms with E-state index in [9.17, 15) is 4.79 Å². The van der Waals surface area contributed by atoms with Crippen LogP contribution in [0.25, 0.3) is 0 Å². The molecule has 3 aliphatic rings. The van der Waals surface area contributed by atoms with Crippen molar-refractivity contribution in [2.24, 2.45) is 0 Å². The monoisotopic (exact) mass is 295 g/mol. The highest BCUT2D eigenvalue weighted by molar-refractivity contribution is 5.81. The molecule has 1 amide bonds. The number of amides is 1. The Labute approximate surface area is 127 Å². The molecule has 6 heteroatoms. The number of likely N-dealkylation sites (N-methyl/N-ethyl adjacent to an activating group) is 1. The highest BCUT2D eigenvalue weighted by Gasteiger charge is 2.36. The first kappa shape index (κ1) is 15.2. The molecule has 6 nitrogen and oxygen atoms in total. The summed E-state index contributed by atoms with van der Waals surface area (Å²) in [4.78, 5) is 17.4. The minimum atomic E-state index is 0.0905. The van der Waals surface area contributed by atoms with Gasteiger partial charge in [-0.15, -0.1) is 0 Å². The van der Waals surface area contributed by atoms with Gasteiger partial charge in [0.25, 0.3) is 5.91 Å². The number of nitrogens with one attached hydrogen (secondary N) is 2. The first-order chi connectivity index (χ1) is 10.2. The average molecular weight is 295 g/mol. The number of hydrogen-bond donors (Lipinski definition) is 2. The second-order valence-electron chi connectivity index (χ2n) is 6.64. The van der Waals surface area contributed by atoms with Gasteiger partial charge in [-0.2, -0.15) is 0 Å². The van der Waals surface area contributed by atoms with Crippen LogP contribution in [0.4, 0.5) is 0 Å². The van der Waals surface area contributed by atoms with Crippen molar-refractivity contribution in [2.75, 3.05) is 52.9 Å². The molecule has 0 spiro atoms.